The third kappa shape index (κ3) is 5.15. The highest BCUT2D eigenvalue weighted by molar-refractivity contribution is 14.0. The molecule has 2 heterocycles. The van der Waals surface area contributed by atoms with E-state index in [2.05, 4.69) is 30.4 Å². The van der Waals surface area contributed by atoms with Gasteiger partial charge in [0.15, 0.2) is 11.8 Å². The van der Waals surface area contributed by atoms with Gasteiger partial charge in [-0.2, -0.15) is 0 Å². The van der Waals surface area contributed by atoms with Gasteiger partial charge in [-0.05, 0) is 25.7 Å². The van der Waals surface area contributed by atoms with E-state index >= 15 is 0 Å². The summed E-state index contributed by atoms with van der Waals surface area (Å²) >= 11 is 0. The number of aliphatic imine (C=N–C) groups is 1. The van der Waals surface area contributed by atoms with Crippen molar-refractivity contribution in [3.05, 3.63) is 11.6 Å². The van der Waals surface area contributed by atoms with Gasteiger partial charge in [-0.3, -0.25) is 9.79 Å². The van der Waals surface area contributed by atoms with E-state index in [1.807, 2.05) is 14.1 Å². The van der Waals surface area contributed by atoms with Gasteiger partial charge >= 0.3 is 0 Å². The SMILES string of the molecule is CN=C(NCc1nnc2n1CCCCC2)NCC1(C(=O)N(C)C)CCCC1.I. The Kier molecular flexibility index (Phi) is 8.51. The Bertz CT molecular complexity index is 680. The predicted octanol–water partition coefficient (Wildman–Crippen LogP) is 1.94. The van der Waals surface area contributed by atoms with Crippen LogP contribution >= 0.6 is 24.0 Å². The second-order valence-corrected chi connectivity index (χ2v) is 7.96. The van der Waals surface area contributed by atoms with Gasteiger partial charge in [0.25, 0.3) is 0 Å². The number of nitrogens with one attached hydrogen (secondary N) is 2. The quantitative estimate of drug-likeness (QED) is 0.365. The molecular weight excluding hydrogens is 469 g/mol. The summed E-state index contributed by atoms with van der Waals surface area (Å²) in [7, 11) is 5.44. The third-order valence-electron chi connectivity index (χ3n) is 5.84. The van der Waals surface area contributed by atoms with Crippen LogP contribution in [0, 0.1) is 5.41 Å². The fraction of sp³-hybridized carbons (Fsp3) is 0.789. The monoisotopic (exact) mass is 503 g/mol. The zero-order chi connectivity index (χ0) is 19.3. The summed E-state index contributed by atoms with van der Waals surface area (Å²) in [6, 6.07) is 0. The van der Waals surface area contributed by atoms with Gasteiger partial charge < -0.3 is 20.1 Å². The number of hydrogen-bond donors (Lipinski definition) is 2. The minimum absolute atomic E-state index is 0. The van der Waals surface area contributed by atoms with E-state index in [9.17, 15) is 4.79 Å². The van der Waals surface area contributed by atoms with Crippen molar-refractivity contribution in [2.75, 3.05) is 27.7 Å². The number of aromatic nitrogens is 3. The maximum absolute atomic E-state index is 12.7. The molecule has 1 amide bonds. The standard InChI is InChI=1S/C19H33N7O.HI/c1-20-18(22-14-19(10-6-7-11-19)17(27)25(2)3)21-13-16-24-23-15-9-5-4-8-12-26(15)16;/h4-14H2,1-3H3,(H2,20,21,22);1H. The van der Waals surface area contributed by atoms with Crippen LogP contribution in [0.15, 0.2) is 4.99 Å². The van der Waals surface area contributed by atoms with Crippen molar-refractivity contribution in [1.82, 2.24) is 30.3 Å². The molecule has 0 radical (unpaired) electrons. The van der Waals surface area contributed by atoms with Crippen molar-refractivity contribution in [2.45, 2.75) is 64.5 Å². The molecule has 158 valence electrons. The molecule has 0 unspecified atom stereocenters. The molecule has 0 bridgehead atoms. The van der Waals surface area contributed by atoms with Crippen molar-refractivity contribution in [2.24, 2.45) is 10.4 Å². The fourth-order valence-electron chi connectivity index (χ4n) is 4.30. The Morgan fingerprint density at radius 1 is 1.14 bits per heavy atom. The van der Waals surface area contributed by atoms with Crippen LogP contribution in [-0.4, -0.2) is 59.2 Å². The minimum Gasteiger partial charge on any atom is -0.355 e. The number of carbonyl (C=O) groups excluding carboxylic acids is 1. The Labute approximate surface area is 185 Å². The molecule has 3 rings (SSSR count). The first-order chi connectivity index (χ1) is 13.1. The smallest absolute Gasteiger partial charge is 0.230 e. The Morgan fingerprint density at radius 3 is 2.57 bits per heavy atom. The second-order valence-electron chi connectivity index (χ2n) is 7.96. The maximum atomic E-state index is 12.7. The van der Waals surface area contributed by atoms with Crippen LogP contribution in [0.25, 0.3) is 0 Å². The summed E-state index contributed by atoms with van der Waals surface area (Å²) in [5, 5.41) is 15.4. The van der Waals surface area contributed by atoms with Crippen molar-refractivity contribution in [3.63, 3.8) is 0 Å². The van der Waals surface area contributed by atoms with E-state index in [0.717, 1.165) is 50.3 Å². The summed E-state index contributed by atoms with van der Waals surface area (Å²) in [5.74, 6) is 2.97. The summed E-state index contributed by atoms with van der Waals surface area (Å²) in [5.41, 5.74) is -0.312. The third-order valence-corrected chi connectivity index (χ3v) is 5.84. The van der Waals surface area contributed by atoms with E-state index in [4.69, 9.17) is 0 Å². The average Bonchev–Trinajstić information content (AvgIpc) is 3.23. The van der Waals surface area contributed by atoms with Gasteiger partial charge in [-0.1, -0.05) is 19.3 Å². The summed E-state index contributed by atoms with van der Waals surface area (Å²) in [6.07, 6.45) is 8.73. The number of amides is 1. The second kappa shape index (κ2) is 10.4. The van der Waals surface area contributed by atoms with E-state index in [-0.39, 0.29) is 35.3 Å². The maximum Gasteiger partial charge on any atom is 0.230 e. The Hall–Kier alpha value is -1.39. The number of aryl methyl sites for hydroxylation is 1. The molecule has 2 N–H and O–H groups in total. The van der Waals surface area contributed by atoms with Gasteiger partial charge in [0, 0.05) is 40.7 Å². The molecule has 0 spiro atoms. The van der Waals surface area contributed by atoms with Crippen LogP contribution in [0.4, 0.5) is 0 Å². The lowest BCUT2D eigenvalue weighted by Crippen LogP contribution is -2.49. The molecule has 0 aromatic carbocycles. The first-order valence-corrected chi connectivity index (χ1v) is 10.1. The molecule has 1 aromatic heterocycles. The zero-order valence-corrected chi connectivity index (χ0v) is 19.7. The molecule has 0 saturated heterocycles. The largest absolute Gasteiger partial charge is 0.355 e. The van der Waals surface area contributed by atoms with Crippen LogP contribution in [0.5, 0.6) is 0 Å². The lowest BCUT2D eigenvalue weighted by molar-refractivity contribution is -0.138. The van der Waals surface area contributed by atoms with Gasteiger partial charge in [-0.15, -0.1) is 34.2 Å². The molecule has 1 fully saturated rings. The molecule has 28 heavy (non-hydrogen) atoms. The number of hydrogen-bond acceptors (Lipinski definition) is 4. The number of guanidine groups is 1. The van der Waals surface area contributed by atoms with Crippen LogP contribution in [0.3, 0.4) is 0 Å². The highest BCUT2D eigenvalue weighted by atomic mass is 127. The predicted molar refractivity (Wildman–Crippen MR) is 121 cm³/mol. The van der Waals surface area contributed by atoms with Crippen LogP contribution in [0.1, 0.15) is 56.6 Å². The molecule has 9 heteroatoms. The molecule has 1 aliphatic heterocycles. The number of fused-ring (bicyclic) bond motifs is 1. The molecule has 8 nitrogen and oxygen atoms in total. The topological polar surface area (TPSA) is 87.4 Å². The van der Waals surface area contributed by atoms with Gasteiger partial charge in [0.2, 0.25) is 5.91 Å². The van der Waals surface area contributed by atoms with Gasteiger partial charge in [-0.25, -0.2) is 0 Å². The van der Waals surface area contributed by atoms with Crippen molar-refractivity contribution < 1.29 is 4.79 Å². The van der Waals surface area contributed by atoms with E-state index < -0.39 is 0 Å². The molecule has 1 saturated carbocycles. The van der Waals surface area contributed by atoms with Gasteiger partial charge in [0.1, 0.15) is 5.82 Å². The summed E-state index contributed by atoms with van der Waals surface area (Å²) in [4.78, 5) is 18.8. The fourth-order valence-corrected chi connectivity index (χ4v) is 4.30. The van der Waals surface area contributed by atoms with Gasteiger partial charge in [0.05, 0.1) is 12.0 Å². The van der Waals surface area contributed by atoms with Crippen molar-refractivity contribution >= 4 is 35.8 Å². The number of halogens is 1. The van der Waals surface area contributed by atoms with E-state index in [0.29, 0.717) is 19.0 Å². The van der Waals surface area contributed by atoms with E-state index in [1.165, 1.54) is 19.3 Å². The first-order valence-electron chi connectivity index (χ1n) is 10.1. The Balaban J connectivity index is 0.00000280. The number of nitrogens with zero attached hydrogens (tertiary/aromatic N) is 5. The highest BCUT2D eigenvalue weighted by Crippen LogP contribution is 2.38. The van der Waals surface area contributed by atoms with Crippen LogP contribution in [0.2, 0.25) is 0 Å². The molecule has 0 atom stereocenters. The molecule has 2 aliphatic rings. The average molecular weight is 503 g/mol. The highest BCUT2D eigenvalue weighted by Gasteiger charge is 2.42. The van der Waals surface area contributed by atoms with E-state index in [1.54, 1.807) is 11.9 Å². The normalized spacial score (nSPS) is 18.6. The van der Waals surface area contributed by atoms with Crippen molar-refractivity contribution in [3.8, 4) is 0 Å². The lowest BCUT2D eigenvalue weighted by Gasteiger charge is -2.31. The van der Waals surface area contributed by atoms with Crippen molar-refractivity contribution in [1.29, 1.82) is 0 Å². The molecule has 1 aromatic rings. The van der Waals surface area contributed by atoms with Crippen LogP contribution in [-0.2, 0) is 24.3 Å². The van der Waals surface area contributed by atoms with Crippen LogP contribution < -0.4 is 10.6 Å². The first kappa shape index (κ1) is 22.9. The zero-order valence-electron chi connectivity index (χ0n) is 17.3. The molecule has 1 aliphatic carbocycles. The summed E-state index contributed by atoms with van der Waals surface area (Å²) in [6.45, 7) is 2.19. The number of rotatable bonds is 5. The Morgan fingerprint density at radius 2 is 1.89 bits per heavy atom. The summed E-state index contributed by atoms with van der Waals surface area (Å²) < 4.78 is 2.24. The minimum atomic E-state index is -0.312. The molecular formula is C19H34IN7O. The number of carbonyl (C=O) groups is 1. The lowest BCUT2D eigenvalue weighted by atomic mass is 9.84.